The molecule has 0 aliphatic heterocycles. The fraction of sp³-hybridized carbons (Fsp3) is 0.350. The van der Waals surface area contributed by atoms with Crippen molar-refractivity contribution in [3.05, 3.63) is 47.7 Å². The summed E-state index contributed by atoms with van der Waals surface area (Å²) in [6, 6.07) is 9.26. The first-order valence-electron chi connectivity index (χ1n) is 9.13. The number of anilines is 1. The average molecular weight is 367 g/mol. The monoisotopic (exact) mass is 367 g/mol. The van der Waals surface area contributed by atoms with Gasteiger partial charge < -0.3 is 10.1 Å². The Labute approximate surface area is 156 Å². The molecule has 140 valence electrons. The molecule has 7 heteroatoms. The van der Waals surface area contributed by atoms with Gasteiger partial charge in [-0.2, -0.15) is 0 Å². The summed E-state index contributed by atoms with van der Waals surface area (Å²) in [5, 5.41) is 11.7. The number of fused-ring (bicyclic) bond motifs is 1. The molecule has 0 bridgehead atoms. The lowest BCUT2D eigenvalue weighted by atomic mass is 9.83. The highest BCUT2D eigenvalue weighted by atomic mass is 16.5. The van der Waals surface area contributed by atoms with Crippen LogP contribution in [0.3, 0.4) is 0 Å². The number of aryl methyl sites for hydroxylation is 1. The first kappa shape index (κ1) is 17.5. The maximum atomic E-state index is 11.9. The van der Waals surface area contributed by atoms with Crippen LogP contribution in [0.2, 0.25) is 0 Å². The standard InChI is InChI=1S/C20H21N3O4/c24-19(13-2-3-13)22-18-11-17(7-8-21-18)27-16-6-5-12-1-4-14(20(25)23-26)9-15(12)10-16/h5-8,10-11,13-14,26H,1-4,9H2,(H,23,25)(H,21,22,24)/t14-/m1/s1. The number of rotatable bonds is 5. The summed E-state index contributed by atoms with van der Waals surface area (Å²) in [6.07, 6.45) is 5.54. The van der Waals surface area contributed by atoms with E-state index in [1.54, 1.807) is 23.8 Å². The van der Waals surface area contributed by atoms with E-state index in [9.17, 15) is 9.59 Å². The van der Waals surface area contributed by atoms with Crippen molar-refractivity contribution in [3.8, 4) is 11.5 Å². The quantitative estimate of drug-likeness (QED) is 0.557. The second-order valence-corrected chi connectivity index (χ2v) is 7.09. The Balaban J connectivity index is 1.47. The molecule has 4 rings (SSSR count). The molecule has 3 N–H and O–H groups in total. The minimum Gasteiger partial charge on any atom is -0.457 e. The van der Waals surface area contributed by atoms with Crippen molar-refractivity contribution in [2.24, 2.45) is 11.8 Å². The summed E-state index contributed by atoms with van der Waals surface area (Å²) in [6.45, 7) is 0. The van der Waals surface area contributed by atoms with Crippen LogP contribution in [0, 0.1) is 11.8 Å². The smallest absolute Gasteiger partial charge is 0.246 e. The lowest BCUT2D eigenvalue weighted by Crippen LogP contribution is -2.31. The van der Waals surface area contributed by atoms with Crippen molar-refractivity contribution >= 4 is 17.6 Å². The van der Waals surface area contributed by atoms with Gasteiger partial charge in [0.2, 0.25) is 11.8 Å². The highest BCUT2D eigenvalue weighted by molar-refractivity contribution is 5.93. The summed E-state index contributed by atoms with van der Waals surface area (Å²) in [7, 11) is 0. The van der Waals surface area contributed by atoms with Gasteiger partial charge in [-0.3, -0.25) is 14.8 Å². The van der Waals surface area contributed by atoms with Gasteiger partial charge in [-0.15, -0.1) is 0 Å². The van der Waals surface area contributed by atoms with E-state index < -0.39 is 0 Å². The number of nitrogens with one attached hydrogen (secondary N) is 2. The predicted molar refractivity (Wildman–Crippen MR) is 97.6 cm³/mol. The summed E-state index contributed by atoms with van der Waals surface area (Å²) in [5.41, 5.74) is 3.98. The Bertz CT molecular complexity index is 879. The molecular formula is C20H21N3O4. The predicted octanol–water partition coefficient (Wildman–Crippen LogP) is 2.83. The maximum Gasteiger partial charge on any atom is 0.246 e. The van der Waals surface area contributed by atoms with Gasteiger partial charge in [0.1, 0.15) is 17.3 Å². The Hall–Kier alpha value is -2.93. The topological polar surface area (TPSA) is 101 Å². The molecule has 0 saturated heterocycles. The Morgan fingerprint density at radius 2 is 1.81 bits per heavy atom. The van der Waals surface area contributed by atoms with Crippen molar-refractivity contribution in [1.82, 2.24) is 10.5 Å². The van der Waals surface area contributed by atoms with E-state index in [2.05, 4.69) is 10.3 Å². The molecule has 1 aromatic heterocycles. The molecule has 1 heterocycles. The van der Waals surface area contributed by atoms with Crippen LogP contribution >= 0.6 is 0 Å². The molecule has 1 atom stereocenters. The van der Waals surface area contributed by atoms with E-state index >= 15 is 0 Å². The van der Waals surface area contributed by atoms with Crippen LogP contribution in [0.25, 0.3) is 0 Å². The van der Waals surface area contributed by atoms with Gasteiger partial charge in [0, 0.05) is 24.1 Å². The van der Waals surface area contributed by atoms with Gasteiger partial charge in [0.25, 0.3) is 0 Å². The first-order chi connectivity index (χ1) is 13.1. The molecule has 2 aliphatic carbocycles. The van der Waals surface area contributed by atoms with Crippen molar-refractivity contribution < 1.29 is 19.5 Å². The minimum absolute atomic E-state index is 0.00151. The fourth-order valence-electron chi connectivity index (χ4n) is 3.36. The van der Waals surface area contributed by atoms with Gasteiger partial charge in [0.05, 0.1) is 0 Å². The molecule has 27 heavy (non-hydrogen) atoms. The normalized spacial score (nSPS) is 18.3. The summed E-state index contributed by atoms with van der Waals surface area (Å²) in [5.74, 6) is 1.24. The number of carbonyl (C=O) groups excluding carboxylic acids is 2. The van der Waals surface area contributed by atoms with Gasteiger partial charge in [-0.1, -0.05) is 6.07 Å². The fourth-order valence-corrected chi connectivity index (χ4v) is 3.36. The minimum atomic E-state index is -0.350. The number of hydrogen-bond donors (Lipinski definition) is 3. The number of pyridine rings is 1. The molecule has 0 radical (unpaired) electrons. The molecule has 2 aliphatic rings. The van der Waals surface area contributed by atoms with E-state index in [0.717, 1.165) is 24.8 Å². The summed E-state index contributed by atoms with van der Waals surface area (Å²) < 4.78 is 5.92. The summed E-state index contributed by atoms with van der Waals surface area (Å²) >= 11 is 0. The lowest BCUT2D eigenvalue weighted by Gasteiger charge is -2.23. The second kappa shape index (κ2) is 7.36. The van der Waals surface area contributed by atoms with Crippen molar-refractivity contribution in [2.75, 3.05) is 5.32 Å². The molecule has 2 aromatic rings. The molecule has 7 nitrogen and oxygen atoms in total. The number of hydrogen-bond acceptors (Lipinski definition) is 5. The van der Waals surface area contributed by atoms with Crippen LogP contribution < -0.4 is 15.5 Å². The molecule has 1 aromatic carbocycles. The Kier molecular flexibility index (Phi) is 4.77. The molecule has 0 unspecified atom stereocenters. The van der Waals surface area contributed by atoms with Crippen LogP contribution in [0.5, 0.6) is 11.5 Å². The van der Waals surface area contributed by atoms with Crippen LogP contribution in [-0.2, 0) is 22.4 Å². The number of benzene rings is 1. The zero-order chi connectivity index (χ0) is 18.8. The second-order valence-electron chi connectivity index (χ2n) is 7.09. The van der Waals surface area contributed by atoms with E-state index in [-0.39, 0.29) is 23.7 Å². The number of nitrogens with zero attached hydrogens (tertiary/aromatic N) is 1. The number of hydroxylamine groups is 1. The van der Waals surface area contributed by atoms with E-state index in [1.165, 1.54) is 5.56 Å². The Morgan fingerprint density at radius 3 is 2.59 bits per heavy atom. The largest absolute Gasteiger partial charge is 0.457 e. The van der Waals surface area contributed by atoms with Gasteiger partial charge in [-0.25, -0.2) is 10.5 Å². The van der Waals surface area contributed by atoms with Crippen LogP contribution in [0.15, 0.2) is 36.5 Å². The van der Waals surface area contributed by atoms with Crippen LogP contribution in [-0.4, -0.2) is 22.0 Å². The molecule has 0 spiro atoms. The number of carbonyl (C=O) groups is 2. The van der Waals surface area contributed by atoms with Crippen LogP contribution in [0.4, 0.5) is 5.82 Å². The molecule has 2 amide bonds. The molecule has 1 fully saturated rings. The third-order valence-corrected chi connectivity index (χ3v) is 5.05. The Morgan fingerprint density at radius 1 is 1.00 bits per heavy atom. The third-order valence-electron chi connectivity index (χ3n) is 5.05. The van der Waals surface area contributed by atoms with Crippen molar-refractivity contribution in [3.63, 3.8) is 0 Å². The third kappa shape index (κ3) is 4.09. The van der Waals surface area contributed by atoms with Gasteiger partial charge in [0.15, 0.2) is 0 Å². The first-order valence-corrected chi connectivity index (χ1v) is 9.13. The van der Waals surface area contributed by atoms with Crippen molar-refractivity contribution in [2.45, 2.75) is 32.1 Å². The van der Waals surface area contributed by atoms with E-state index in [1.807, 2.05) is 18.2 Å². The number of aromatic nitrogens is 1. The highest BCUT2D eigenvalue weighted by Gasteiger charge is 2.30. The maximum absolute atomic E-state index is 11.9. The highest BCUT2D eigenvalue weighted by Crippen LogP contribution is 2.32. The van der Waals surface area contributed by atoms with Crippen molar-refractivity contribution in [1.29, 1.82) is 0 Å². The number of amides is 2. The zero-order valence-electron chi connectivity index (χ0n) is 14.8. The van der Waals surface area contributed by atoms with Gasteiger partial charge in [-0.05, 0) is 61.4 Å². The van der Waals surface area contributed by atoms with Gasteiger partial charge >= 0.3 is 0 Å². The lowest BCUT2D eigenvalue weighted by molar-refractivity contribution is -0.133. The molecular weight excluding hydrogens is 346 g/mol. The van der Waals surface area contributed by atoms with E-state index in [4.69, 9.17) is 9.94 Å². The molecule has 1 saturated carbocycles. The average Bonchev–Trinajstić information content (AvgIpc) is 3.52. The summed E-state index contributed by atoms with van der Waals surface area (Å²) in [4.78, 5) is 27.7. The zero-order valence-corrected chi connectivity index (χ0v) is 14.8. The number of ether oxygens (including phenoxy) is 1. The van der Waals surface area contributed by atoms with Crippen LogP contribution in [0.1, 0.15) is 30.4 Å². The van der Waals surface area contributed by atoms with E-state index in [0.29, 0.717) is 30.2 Å². The SMILES string of the molecule is O=C(Nc1cc(Oc2ccc3c(c2)C[C@H](C(=O)NO)CC3)ccn1)C1CC1.